The maximum atomic E-state index is 2.49. The predicted octanol–water partition coefficient (Wildman–Crippen LogP) is 18.4. The molecular formula is C48H86S2. The van der Waals surface area contributed by atoms with Crippen molar-refractivity contribution in [1.29, 1.82) is 0 Å². The molecule has 2 aromatic rings. The molecule has 2 rings (SSSR count). The van der Waals surface area contributed by atoms with Crippen LogP contribution in [0.1, 0.15) is 243 Å². The molecule has 0 aliphatic carbocycles. The van der Waals surface area contributed by atoms with Gasteiger partial charge >= 0.3 is 0 Å². The molecule has 0 spiro atoms. The van der Waals surface area contributed by atoms with E-state index in [1.165, 1.54) is 228 Å². The molecule has 2 heterocycles. The summed E-state index contributed by atoms with van der Waals surface area (Å²) in [5.41, 5.74) is 0. The van der Waals surface area contributed by atoms with Gasteiger partial charge in [-0.2, -0.15) is 0 Å². The summed E-state index contributed by atoms with van der Waals surface area (Å²) in [7, 11) is 0. The van der Waals surface area contributed by atoms with Crippen LogP contribution < -0.4 is 0 Å². The Morgan fingerprint density at radius 2 is 0.560 bits per heavy atom. The fourth-order valence-corrected chi connectivity index (χ4v) is 10.4. The Morgan fingerprint density at radius 1 is 0.320 bits per heavy atom. The summed E-state index contributed by atoms with van der Waals surface area (Å²) in [5.74, 6) is 1.76. The van der Waals surface area contributed by atoms with E-state index in [-0.39, 0.29) is 0 Å². The topological polar surface area (TPSA) is 0 Å². The Bertz CT molecular complexity index is 890. The Labute approximate surface area is 322 Å². The molecule has 2 unspecified atom stereocenters. The van der Waals surface area contributed by atoms with Gasteiger partial charge in [-0.15, -0.1) is 22.7 Å². The monoisotopic (exact) mass is 727 g/mol. The highest BCUT2D eigenvalue weighted by atomic mass is 32.1. The zero-order valence-corrected chi connectivity index (χ0v) is 36.0. The molecule has 0 aliphatic rings. The van der Waals surface area contributed by atoms with E-state index < -0.39 is 0 Å². The van der Waals surface area contributed by atoms with Crippen molar-refractivity contribution in [3.63, 3.8) is 0 Å². The fraction of sp³-hybridized carbons (Fsp3) is 0.833. The van der Waals surface area contributed by atoms with Gasteiger partial charge < -0.3 is 0 Å². The van der Waals surface area contributed by atoms with Crippen LogP contribution in [0.15, 0.2) is 24.3 Å². The van der Waals surface area contributed by atoms with Crippen molar-refractivity contribution in [3.05, 3.63) is 34.0 Å². The number of rotatable bonds is 37. The van der Waals surface area contributed by atoms with Crippen molar-refractivity contribution in [2.24, 2.45) is 11.8 Å². The average molecular weight is 727 g/mol. The zero-order valence-electron chi connectivity index (χ0n) is 34.3. The lowest BCUT2D eigenvalue weighted by atomic mass is 9.91. The van der Waals surface area contributed by atoms with Crippen molar-refractivity contribution >= 4 is 22.7 Å². The third-order valence-electron chi connectivity index (χ3n) is 11.4. The van der Waals surface area contributed by atoms with Crippen LogP contribution in [0.5, 0.6) is 0 Å². The van der Waals surface area contributed by atoms with Crippen molar-refractivity contribution < 1.29 is 0 Å². The van der Waals surface area contributed by atoms with Crippen LogP contribution in [-0.4, -0.2) is 0 Å². The number of unbranched alkanes of at least 4 members (excludes halogenated alkanes) is 24. The van der Waals surface area contributed by atoms with Gasteiger partial charge in [-0.25, -0.2) is 0 Å². The van der Waals surface area contributed by atoms with Crippen molar-refractivity contribution in [3.8, 4) is 9.75 Å². The maximum absolute atomic E-state index is 2.49. The van der Waals surface area contributed by atoms with E-state index in [1.807, 2.05) is 0 Å². The number of thiophene rings is 2. The second kappa shape index (κ2) is 33.0. The molecule has 0 aliphatic heterocycles. The van der Waals surface area contributed by atoms with Gasteiger partial charge in [0.15, 0.2) is 0 Å². The normalized spacial score (nSPS) is 13.0. The van der Waals surface area contributed by atoms with Crippen molar-refractivity contribution in [2.45, 2.75) is 246 Å². The minimum Gasteiger partial charge on any atom is -0.139 e. The van der Waals surface area contributed by atoms with Crippen LogP contribution >= 0.6 is 22.7 Å². The summed E-state index contributed by atoms with van der Waals surface area (Å²) >= 11 is 4.22. The number of hydrogen-bond acceptors (Lipinski definition) is 2. The molecule has 2 heteroatoms. The van der Waals surface area contributed by atoms with Gasteiger partial charge in [-0.3, -0.25) is 0 Å². The molecule has 0 saturated carbocycles. The first-order chi connectivity index (χ1) is 24.7. The minimum absolute atomic E-state index is 0.880. The quantitative estimate of drug-likeness (QED) is 0.0608. The maximum Gasteiger partial charge on any atom is 0.0445 e. The van der Waals surface area contributed by atoms with Crippen molar-refractivity contribution in [2.75, 3.05) is 0 Å². The van der Waals surface area contributed by atoms with E-state index in [0.717, 1.165) is 11.8 Å². The van der Waals surface area contributed by atoms with E-state index in [2.05, 4.69) is 74.6 Å². The molecule has 0 N–H and O–H groups in total. The first kappa shape index (κ1) is 45.6. The minimum atomic E-state index is 0.880. The van der Waals surface area contributed by atoms with Gasteiger partial charge in [0.05, 0.1) is 0 Å². The second-order valence-corrected chi connectivity index (χ2v) is 18.6. The van der Waals surface area contributed by atoms with E-state index >= 15 is 0 Å². The second-order valence-electron chi connectivity index (χ2n) is 16.3. The van der Waals surface area contributed by atoms with E-state index in [9.17, 15) is 0 Å². The molecule has 0 bridgehead atoms. The van der Waals surface area contributed by atoms with Crippen molar-refractivity contribution in [1.82, 2.24) is 0 Å². The first-order valence-electron chi connectivity index (χ1n) is 22.9. The van der Waals surface area contributed by atoms with Crippen LogP contribution in [0.2, 0.25) is 0 Å². The highest BCUT2D eigenvalue weighted by Crippen LogP contribution is 2.37. The molecule has 0 radical (unpaired) electrons. The molecule has 0 amide bonds. The molecule has 290 valence electrons. The molecule has 2 aromatic heterocycles. The molecule has 0 saturated heterocycles. The fourth-order valence-electron chi connectivity index (χ4n) is 8.07. The third kappa shape index (κ3) is 23.9. The molecule has 0 fully saturated rings. The molecule has 50 heavy (non-hydrogen) atoms. The van der Waals surface area contributed by atoms with E-state index in [1.54, 1.807) is 9.75 Å². The lowest BCUT2D eigenvalue weighted by Crippen LogP contribution is -2.04. The standard InChI is InChI=1S/C48H86S2/c1-5-9-13-17-21-23-27-31-35-43(33-29-25-19-15-11-7-3)41-45-37-39-47(49-45)48-40-38-46(50-48)42-44(34-30-26-20-16-12-8-4)36-32-28-24-22-18-14-10-6-2/h37-40,43-44H,5-36,41-42H2,1-4H3. The molecule has 0 nitrogen and oxygen atoms in total. The Morgan fingerprint density at radius 3 is 0.820 bits per heavy atom. The summed E-state index contributed by atoms with van der Waals surface area (Å²) in [4.78, 5) is 6.33. The summed E-state index contributed by atoms with van der Waals surface area (Å²) < 4.78 is 0. The lowest BCUT2D eigenvalue weighted by Gasteiger charge is -2.16. The van der Waals surface area contributed by atoms with Gasteiger partial charge in [0.25, 0.3) is 0 Å². The molecule has 2 atom stereocenters. The van der Waals surface area contributed by atoms with Crippen LogP contribution in [0.3, 0.4) is 0 Å². The number of hydrogen-bond donors (Lipinski definition) is 0. The van der Waals surface area contributed by atoms with Crippen LogP contribution in [0.25, 0.3) is 9.75 Å². The SMILES string of the molecule is CCCCCCCCCCC(CCCCCCCC)Cc1ccc(-c2ccc(CC(CCCCCCCC)CCCCCCCCCC)s2)s1. The van der Waals surface area contributed by atoms with Gasteiger partial charge in [0, 0.05) is 19.5 Å². The van der Waals surface area contributed by atoms with Gasteiger partial charge in [0.2, 0.25) is 0 Å². The third-order valence-corrected chi connectivity index (χ3v) is 13.8. The highest BCUT2D eigenvalue weighted by molar-refractivity contribution is 7.22. The zero-order chi connectivity index (χ0) is 35.7. The summed E-state index contributed by atoms with van der Waals surface area (Å²) in [6.45, 7) is 9.31. The van der Waals surface area contributed by atoms with Crippen LogP contribution in [-0.2, 0) is 12.8 Å². The Hall–Kier alpha value is -0.600. The van der Waals surface area contributed by atoms with E-state index in [0.29, 0.717) is 0 Å². The molecular weight excluding hydrogens is 641 g/mol. The first-order valence-corrected chi connectivity index (χ1v) is 24.5. The van der Waals surface area contributed by atoms with Gasteiger partial charge in [-0.05, 0) is 48.9 Å². The van der Waals surface area contributed by atoms with Gasteiger partial charge in [-0.1, -0.05) is 233 Å². The smallest absolute Gasteiger partial charge is 0.0445 e. The Kier molecular flexibility index (Phi) is 30.1. The summed E-state index contributed by atoms with van der Waals surface area (Å²) in [6.07, 6.45) is 48.5. The highest BCUT2D eigenvalue weighted by Gasteiger charge is 2.15. The van der Waals surface area contributed by atoms with Crippen LogP contribution in [0, 0.1) is 11.8 Å². The lowest BCUT2D eigenvalue weighted by molar-refractivity contribution is 0.402. The largest absolute Gasteiger partial charge is 0.139 e. The predicted molar refractivity (Wildman–Crippen MR) is 232 cm³/mol. The van der Waals surface area contributed by atoms with Crippen LogP contribution in [0.4, 0.5) is 0 Å². The Balaban J connectivity index is 1.89. The summed E-state index contributed by atoms with van der Waals surface area (Å²) in [5, 5.41) is 0. The van der Waals surface area contributed by atoms with Gasteiger partial charge in [0.1, 0.15) is 0 Å². The molecule has 0 aromatic carbocycles. The average Bonchev–Trinajstić information content (AvgIpc) is 3.79. The van der Waals surface area contributed by atoms with E-state index in [4.69, 9.17) is 0 Å². The summed E-state index contributed by atoms with van der Waals surface area (Å²) in [6, 6.07) is 9.90.